The van der Waals surface area contributed by atoms with Gasteiger partial charge in [-0.1, -0.05) is 31.2 Å². The molecule has 0 aliphatic heterocycles. The lowest BCUT2D eigenvalue weighted by Crippen LogP contribution is -2.43. The Morgan fingerprint density at radius 3 is 2.52 bits per heavy atom. The molecule has 2 aromatic carbocycles. The predicted octanol–water partition coefficient (Wildman–Crippen LogP) is 1.65. The maximum Gasteiger partial charge on any atom is 0.287 e. The third kappa shape index (κ3) is 4.44. The summed E-state index contributed by atoms with van der Waals surface area (Å²) in [5.41, 5.74) is 1.42. The highest BCUT2D eigenvalue weighted by atomic mass is 32.2. The number of sulfonamides is 1. The molecule has 0 saturated carbocycles. The van der Waals surface area contributed by atoms with Crippen LogP contribution in [0.5, 0.6) is 0 Å². The Balaban J connectivity index is 1.95. The van der Waals surface area contributed by atoms with Crippen LogP contribution in [0.3, 0.4) is 0 Å². The minimum Gasteiger partial charge on any atom is -0.272 e. The number of nitro benzene ring substituents is 1. The molecule has 11 nitrogen and oxygen atoms in total. The summed E-state index contributed by atoms with van der Waals surface area (Å²) in [6, 6.07) is 9.74. The van der Waals surface area contributed by atoms with Crippen molar-refractivity contribution in [1.82, 2.24) is 20.0 Å². The molecular weight excluding hydrogens is 426 g/mol. The average Bonchev–Trinajstić information content (AvgIpc) is 2.74. The fourth-order valence-corrected chi connectivity index (χ4v) is 4.09. The molecule has 0 atom stereocenters. The molecule has 31 heavy (non-hydrogen) atoms. The number of nitrogens with zero attached hydrogens (tertiary/aromatic N) is 3. The molecule has 2 N–H and O–H groups in total. The van der Waals surface area contributed by atoms with Crippen molar-refractivity contribution in [2.45, 2.75) is 31.7 Å². The summed E-state index contributed by atoms with van der Waals surface area (Å²) >= 11 is 0. The first-order valence-electron chi connectivity index (χ1n) is 9.22. The minimum atomic E-state index is -4.31. The van der Waals surface area contributed by atoms with Crippen LogP contribution in [0.2, 0.25) is 0 Å². The van der Waals surface area contributed by atoms with Crippen molar-refractivity contribution in [1.29, 1.82) is 0 Å². The van der Waals surface area contributed by atoms with Crippen LogP contribution in [-0.4, -0.2) is 29.0 Å². The van der Waals surface area contributed by atoms with Crippen molar-refractivity contribution in [2.24, 2.45) is 0 Å². The van der Waals surface area contributed by atoms with Gasteiger partial charge in [0.1, 0.15) is 0 Å². The highest BCUT2D eigenvalue weighted by molar-refractivity contribution is 7.89. The Labute approximate surface area is 176 Å². The summed E-state index contributed by atoms with van der Waals surface area (Å²) in [4.78, 5) is 37.1. The maximum absolute atomic E-state index is 12.7. The van der Waals surface area contributed by atoms with Crippen LogP contribution in [0.4, 0.5) is 5.69 Å². The van der Waals surface area contributed by atoms with Crippen molar-refractivity contribution in [3.05, 3.63) is 74.2 Å². The molecule has 1 amide bonds. The number of non-ortho nitro benzene ring substituents is 1. The number of hydrogen-bond acceptors (Lipinski definition) is 7. The molecule has 1 aromatic heterocycles. The molecule has 0 aliphatic carbocycles. The average molecular weight is 445 g/mol. The van der Waals surface area contributed by atoms with Crippen LogP contribution < -0.4 is 15.8 Å². The molecule has 0 fully saturated rings. The van der Waals surface area contributed by atoms with Crippen molar-refractivity contribution in [3.8, 4) is 0 Å². The van der Waals surface area contributed by atoms with Crippen molar-refractivity contribution in [3.63, 3.8) is 0 Å². The Morgan fingerprint density at radius 2 is 1.87 bits per heavy atom. The van der Waals surface area contributed by atoms with Crippen LogP contribution in [0, 0.1) is 17.0 Å². The summed E-state index contributed by atoms with van der Waals surface area (Å²) in [6.45, 7) is 3.59. The number of nitro groups is 1. The number of carbonyl (C=O) groups excluding carboxylic acids is 1. The number of hydrazine groups is 1. The second-order valence-electron chi connectivity index (χ2n) is 6.69. The Kier molecular flexibility index (Phi) is 6.13. The molecule has 1 heterocycles. The summed E-state index contributed by atoms with van der Waals surface area (Å²) in [5, 5.41) is 15.6. The first kappa shape index (κ1) is 22.1. The molecule has 0 bridgehead atoms. The molecule has 0 spiro atoms. The number of rotatable bonds is 7. The number of aromatic nitrogens is 2. The maximum atomic E-state index is 12.7. The van der Waals surface area contributed by atoms with E-state index in [0.717, 1.165) is 10.7 Å². The highest BCUT2D eigenvalue weighted by Gasteiger charge is 2.23. The number of hydrogen-bond donors (Lipinski definition) is 2. The number of aryl methyl sites for hydroxylation is 2. The van der Waals surface area contributed by atoms with E-state index in [1.807, 2.05) is 11.8 Å². The van der Waals surface area contributed by atoms with E-state index in [9.17, 15) is 28.1 Å². The van der Waals surface area contributed by atoms with E-state index >= 15 is 0 Å². The van der Waals surface area contributed by atoms with Gasteiger partial charge in [-0.3, -0.25) is 25.1 Å². The molecule has 12 heteroatoms. The number of benzene rings is 2. The zero-order chi connectivity index (χ0) is 22.8. The van der Waals surface area contributed by atoms with Gasteiger partial charge in [0.2, 0.25) is 0 Å². The van der Waals surface area contributed by atoms with Gasteiger partial charge in [0.15, 0.2) is 5.69 Å². The van der Waals surface area contributed by atoms with Crippen LogP contribution >= 0.6 is 0 Å². The summed E-state index contributed by atoms with van der Waals surface area (Å²) in [5.74, 6) is -0.882. The third-order valence-corrected chi connectivity index (χ3v) is 5.88. The first-order chi connectivity index (χ1) is 14.7. The summed E-state index contributed by atoms with van der Waals surface area (Å²) in [6.07, 6.45) is 0.602. The monoisotopic (exact) mass is 445 g/mol. The van der Waals surface area contributed by atoms with E-state index in [1.165, 1.54) is 25.1 Å². The van der Waals surface area contributed by atoms with Gasteiger partial charge in [0.25, 0.3) is 27.2 Å². The largest absolute Gasteiger partial charge is 0.287 e. The molecular formula is C19H19N5O6S. The topological polar surface area (TPSA) is 153 Å². The lowest BCUT2D eigenvalue weighted by atomic mass is 10.1. The zero-order valence-corrected chi connectivity index (χ0v) is 17.5. The van der Waals surface area contributed by atoms with Gasteiger partial charge >= 0.3 is 0 Å². The second kappa shape index (κ2) is 8.62. The van der Waals surface area contributed by atoms with E-state index in [-0.39, 0.29) is 39.0 Å². The van der Waals surface area contributed by atoms with E-state index in [2.05, 4.69) is 10.5 Å². The number of nitrogens with one attached hydrogen (secondary N) is 2. The number of carbonyl (C=O) groups is 1. The first-order valence-corrected chi connectivity index (χ1v) is 10.7. The fourth-order valence-electron chi connectivity index (χ4n) is 2.99. The van der Waals surface area contributed by atoms with Gasteiger partial charge in [-0.15, -0.1) is 4.83 Å². The number of fused-ring (bicyclic) bond motifs is 1. The van der Waals surface area contributed by atoms with Gasteiger partial charge in [0, 0.05) is 24.1 Å². The van der Waals surface area contributed by atoms with E-state index in [4.69, 9.17) is 0 Å². The lowest BCUT2D eigenvalue weighted by Gasteiger charge is -2.12. The van der Waals surface area contributed by atoms with Crippen molar-refractivity contribution < 1.29 is 18.1 Å². The van der Waals surface area contributed by atoms with Gasteiger partial charge in [-0.25, -0.2) is 13.1 Å². The van der Waals surface area contributed by atoms with Gasteiger partial charge < -0.3 is 0 Å². The van der Waals surface area contributed by atoms with Gasteiger partial charge in [0.05, 0.1) is 15.2 Å². The molecule has 162 valence electrons. The number of amides is 1. The predicted molar refractivity (Wildman–Crippen MR) is 112 cm³/mol. The SMILES string of the molecule is CCCn1nc(C(=O)NNS(=O)(=O)c2cc([N+](=O)[O-])ccc2C)c2ccccc2c1=O. The molecule has 3 aromatic rings. The smallest absolute Gasteiger partial charge is 0.272 e. The molecule has 3 rings (SSSR count). The third-order valence-electron chi connectivity index (χ3n) is 4.49. The van der Waals surface area contributed by atoms with Crippen molar-refractivity contribution in [2.75, 3.05) is 0 Å². The Hall–Kier alpha value is -3.64. The summed E-state index contributed by atoms with van der Waals surface area (Å²) < 4.78 is 26.4. The zero-order valence-electron chi connectivity index (χ0n) is 16.7. The van der Waals surface area contributed by atoms with Crippen LogP contribution in [0.25, 0.3) is 10.8 Å². The van der Waals surface area contributed by atoms with Gasteiger partial charge in [-0.05, 0) is 25.0 Å². The molecule has 0 unspecified atom stereocenters. The normalized spacial score (nSPS) is 11.4. The quantitative estimate of drug-likeness (QED) is 0.414. The van der Waals surface area contributed by atoms with E-state index < -0.39 is 26.5 Å². The molecule has 0 radical (unpaired) electrons. The summed E-state index contributed by atoms with van der Waals surface area (Å²) in [7, 11) is -4.31. The fraction of sp³-hybridized carbons (Fsp3) is 0.211. The highest BCUT2D eigenvalue weighted by Crippen LogP contribution is 2.21. The van der Waals surface area contributed by atoms with Crippen LogP contribution in [0.15, 0.2) is 52.2 Å². The Bertz CT molecular complexity index is 1350. The van der Waals surface area contributed by atoms with Crippen LogP contribution in [0.1, 0.15) is 29.4 Å². The van der Waals surface area contributed by atoms with Crippen LogP contribution in [-0.2, 0) is 16.6 Å². The molecule has 0 aliphatic rings. The van der Waals surface area contributed by atoms with Gasteiger partial charge in [-0.2, -0.15) is 5.10 Å². The standard InChI is InChI=1S/C19H19N5O6S/c1-3-10-23-19(26)15-7-5-4-6-14(15)17(21-23)18(25)20-22-31(29,30)16-11-13(24(27)28)9-8-12(16)2/h4-9,11,22H,3,10H2,1-2H3,(H,20,25). The second-order valence-corrected chi connectivity index (χ2v) is 8.34. The van der Waals surface area contributed by atoms with Crippen molar-refractivity contribution >= 4 is 32.4 Å². The lowest BCUT2D eigenvalue weighted by molar-refractivity contribution is -0.385. The van der Waals surface area contributed by atoms with E-state index in [0.29, 0.717) is 6.42 Å². The minimum absolute atomic E-state index is 0.137. The van der Waals surface area contributed by atoms with E-state index in [1.54, 1.807) is 18.2 Å². The Morgan fingerprint density at radius 1 is 1.19 bits per heavy atom. The molecule has 0 saturated heterocycles.